The van der Waals surface area contributed by atoms with Crippen LogP contribution in [0.5, 0.6) is 0 Å². The molecule has 94 valence electrons. The molecular formula is C12H17NO4. The van der Waals surface area contributed by atoms with E-state index in [1.807, 2.05) is 0 Å². The van der Waals surface area contributed by atoms with Crippen LogP contribution in [-0.4, -0.2) is 42.3 Å². The SMILES string of the molecule is CCC(=O)C1C(=O)CC(C(=O)N(C)C)CC1=O. The molecule has 0 aromatic heterocycles. The zero-order valence-corrected chi connectivity index (χ0v) is 10.4. The first-order valence-corrected chi connectivity index (χ1v) is 5.67. The van der Waals surface area contributed by atoms with E-state index in [2.05, 4.69) is 0 Å². The van der Waals surface area contributed by atoms with Gasteiger partial charge in [0.15, 0.2) is 17.3 Å². The van der Waals surface area contributed by atoms with Gasteiger partial charge in [-0.05, 0) is 0 Å². The summed E-state index contributed by atoms with van der Waals surface area (Å²) < 4.78 is 0. The molecule has 5 nitrogen and oxygen atoms in total. The molecule has 1 fully saturated rings. The van der Waals surface area contributed by atoms with Gasteiger partial charge in [-0.15, -0.1) is 0 Å². The average molecular weight is 239 g/mol. The Morgan fingerprint density at radius 1 is 1.18 bits per heavy atom. The molecule has 0 aromatic rings. The number of nitrogens with zero attached hydrogens (tertiary/aromatic N) is 1. The number of hydrogen-bond donors (Lipinski definition) is 0. The predicted octanol–water partition coefficient (Wildman–Crippen LogP) is 0.218. The minimum Gasteiger partial charge on any atom is -0.349 e. The summed E-state index contributed by atoms with van der Waals surface area (Å²) in [6, 6.07) is 0. The second-order valence-electron chi connectivity index (χ2n) is 4.52. The summed E-state index contributed by atoms with van der Waals surface area (Å²) in [5, 5.41) is 0. The Bertz CT molecular complexity index is 355. The van der Waals surface area contributed by atoms with Crippen LogP contribution in [0.3, 0.4) is 0 Å². The third-order valence-electron chi connectivity index (χ3n) is 3.00. The van der Waals surface area contributed by atoms with E-state index < -0.39 is 23.4 Å². The lowest BCUT2D eigenvalue weighted by atomic mass is 9.77. The monoisotopic (exact) mass is 239 g/mol. The molecule has 1 rings (SSSR count). The molecule has 0 unspecified atom stereocenters. The van der Waals surface area contributed by atoms with Crippen molar-refractivity contribution in [3.8, 4) is 0 Å². The van der Waals surface area contributed by atoms with E-state index in [4.69, 9.17) is 0 Å². The van der Waals surface area contributed by atoms with Crippen LogP contribution in [0, 0.1) is 11.8 Å². The number of carbonyl (C=O) groups is 4. The largest absolute Gasteiger partial charge is 0.349 e. The van der Waals surface area contributed by atoms with Crippen molar-refractivity contribution in [3.63, 3.8) is 0 Å². The van der Waals surface area contributed by atoms with Crippen LogP contribution in [0.2, 0.25) is 0 Å². The summed E-state index contributed by atoms with van der Waals surface area (Å²) in [4.78, 5) is 48.0. The molecule has 0 saturated heterocycles. The molecule has 0 N–H and O–H groups in total. The maximum absolute atomic E-state index is 11.7. The second kappa shape index (κ2) is 5.21. The number of Topliss-reactive ketones (excluding diaryl/α,β-unsaturated/α-hetero) is 3. The van der Waals surface area contributed by atoms with Crippen LogP contribution in [-0.2, 0) is 19.2 Å². The Morgan fingerprint density at radius 2 is 1.65 bits per heavy atom. The third-order valence-corrected chi connectivity index (χ3v) is 3.00. The van der Waals surface area contributed by atoms with E-state index in [1.54, 1.807) is 21.0 Å². The lowest BCUT2D eigenvalue weighted by Crippen LogP contribution is -2.43. The van der Waals surface area contributed by atoms with Crippen LogP contribution in [0.1, 0.15) is 26.2 Å². The van der Waals surface area contributed by atoms with E-state index in [-0.39, 0.29) is 31.0 Å². The van der Waals surface area contributed by atoms with E-state index in [1.165, 1.54) is 4.90 Å². The predicted molar refractivity (Wildman–Crippen MR) is 60.2 cm³/mol. The number of hydrogen-bond acceptors (Lipinski definition) is 4. The Kier molecular flexibility index (Phi) is 4.15. The molecule has 5 heteroatoms. The summed E-state index contributed by atoms with van der Waals surface area (Å²) in [5.74, 6) is -3.09. The van der Waals surface area contributed by atoms with Gasteiger partial charge in [-0.3, -0.25) is 19.2 Å². The van der Waals surface area contributed by atoms with Crippen molar-refractivity contribution in [1.29, 1.82) is 0 Å². The van der Waals surface area contributed by atoms with E-state index >= 15 is 0 Å². The van der Waals surface area contributed by atoms with Crippen molar-refractivity contribution in [2.24, 2.45) is 11.8 Å². The first-order valence-electron chi connectivity index (χ1n) is 5.67. The first kappa shape index (κ1) is 13.5. The van der Waals surface area contributed by atoms with Crippen molar-refractivity contribution in [1.82, 2.24) is 4.90 Å². The maximum atomic E-state index is 11.7. The second-order valence-corrected chi connectivity index (χ2v) is 4.52. The van der Waals surface area contributed by atoms with E-state index in [0.29, 0.717) is 0 Å². The van der Waals surface area contributed by atoms with Crippen LogP contribution < -0.4 is 0 Å². The van der Waals surface area contributed by atoms with E-state index in [0.717, 1.165) is 0 Å². The molecule has 17 heavy (non-hydrogen) atoms. The van der Waals surface area contributed by atoms with Gasteiger partial charge in [0.2, 0.25) is 5.91 Å². The Hall–Kier alpha value is -1.52. The van der Waals surface area contributed by atoms with Gasteiger partial charge in [0, 0.05) is 33.4 Å². The van der Waals surface area contributed by atoms with Gasteiger partial charge >= 0.3 is 0 Å². The Balaban J connectivity index is 2.81. The first-order chi connectivity index (χ1) is 7.88. The molecular weight excluding hydrogens is 222 g/mol. The standard InChI is InChI=1S/C12H17NO4/c1-4-8(14)11-9(15)5-7(6-10(11)16)12(17)13(2)3/h7,11H,4-6H2,1-3H3. The van der Waals surface area contributed by atoms with Gasteiger partial charge in [0.05, 0.1) is 5.92 Å². The summed E-state index contributed by atoms with van der Waals surface area (Å²) >= 11 is 0. The molecule has 0 aromatic carbocycles. The van der Waals surface area contributed by atoms with Crippen molar-refractivity contribution in [3.05, 3.63) is 0 Å². The summed E-state index contributed by atoms with van der Waals surface area (Å²) in [5.41, 5.74) is 0. The van der Waals surface area contributed by atoms with Gasteiger partial charge < -0.3 is 4.90 Å². The minimum atomic E-state index is -1.12. The van der Waals surface area contributed by atoms with Crippen LogP contribution >= 0.6 is 0 Å². The number of amides is 1. The Morgan fingerprint density at radius 3 is 2.00 bits per heavy atom. The maximum Gasteiger partial charge on any atom is 0.226 e. The van der Waals surface area contributed by atoms with Crippen LogP contribution in [0.15, 0.2) is 0 Å². The van der Waals surface area contributed by atoms with Gasteiger partial charge in [-0.1, -0.05) is 6.92 Å². The zero-order valence-electron chi connectivity index (χ0n) is 10.4. The summed E-state index contributed by atoms with van der Waals surface area (Å²) in [6.07, 6.45) is 0.173. The van der Waals surface area contributed by atoms with E-state index in [9.17, 15) is 19.2 Å². The Labute approximate surface area is 100 Å². The molecule has 0 heterocycles. The van der Waals surface area contributed by atoms with Crippen LogP contribution in [0.25, 0.3) is 0 Å². The van der Waals surface area contributed by atoms with Gasteiger partial charge in [-0.25, -0.2) is 0 Å². The summed E-state index contributed by atoms with van der Waals surface area (Å²) in [6.45, 7) is 1.62. The lowest BCUT2D eigenvalue weighted by Gasteiger charge is -2.26. The minimum absolute atomic E-state index is 0.000833. The zero-order chi connectivity index (χ0) is 13.2. The van der Waals surface area contributed by atoms with Crippen LogP contribution in [0.4, 0.5) is 0 Å². The normalized spacial score (nSPS) is 24.6. The third kappa shape index (κ3) is 2.78. The fraction of sp³-hybridized carbons (Fsp3) is 0.667. The molecule has 0 aliphatic heterocycles. The molecule has 0 spiro atoms. The van der Waals surface area contributed by atoms with Crippen molar-refractivity contribution in [2.75, 3.05) is 14.1 Å². The highest BCUT2D eigenvalue weighted by Crippen LogP contribution is 2.25. The topological polar surface area (TPSA) is 71.5 Å². The molecule has 0 radical (unpaired) electrons. The highest BCUT2D eigenvalue weighted by molar-refractivity contribution is 6.21. The smallest absolute Gasteiger partial charge is 0.226 e. The average Bonchev–Trinajstić information content (AvgIpc) is 2.26. The molecule has 1 saturated carbocycles. The fourth-order valence-corrected chi connectivity index (χ4v) is 2.08. The molecule has 1 amide bonds. The number of carbonyl (C=O) groups excluding carboxylic acids is 4. The lowest BCUT2D eigenvalue weighted by molar-refractivity contribution is -0.148. The van der Waals surface area contributed by atoms with Crippen molar-refractivity contribution in [2.45, 2.75) is 26.2 Å². The highest BCUT2D eigenvalue weighted by Gasteiger charge is 2.41. The molecule has 0 atom stereocenters. The summed E-state index contributed by atoms with van der Waals surface area (Å²) in [7, 11) is 3.17. The molecule has 1 aliphatic rings. The van der Waals surface area contributed by atoms with Gasteiger partial charge in [-0.2, -0.15) is 0 Å². The molecule has 0 bridgehead atoms. The quantitative estimate of drug-likeness (QED) is 0.660. The molecule has 1 aliphatic carbocycles. The van der Waals surface area contributed by atoms with Gasteiger partial charge in [0.1, 0.15) is 5.92 Å². The van der Waals surface area contributed by atoms with Gasteiger partial charge in [0.25, 0.3) is 0 Å². The van der Waals surface area contributed by atoms with Crippen molar-refractivity contribution >= 4 is 23.3 Å². The highest BCUT2D eigenvalue weighted by atomic mass is 16.2. The number of ketones is 3. The number of rotatable bonds is 3. The van der Waals surface area contributed by atoms with Crippen molar-refractivity contribution < 1.29 is 19.2 Å². The fourth-order valence-electron chi connectivity index (χ4n) is 2.08.